The highest BCUT2D eigenvalue weighted by Crippen LogP contribution is 2.41. The van der Waals surface area contributed by atoms with Crippen LogP contribution in [0, 0.1) is 6.92 Å². The van der Waals surface area contributed by atoms with Gasteiger partial charge in [0, 0.05) is 14.1 Å². The predicted molar refractivity (Wildman–Crippen MR) is 67.9 cm³/mol. The predicted octanol–water partition coefficient (Wildman–Crippen LogP) is 1.74. The Hall–Kier alpha value is -1.36. The van der Waals surface area contributed by atoms with Crippen LogP contribution in [0.1, 0.15) is 48.3 Å². The molecule has 0 bridgehead atoms. The van der Waals surface area contributed by atoms with Crippen LogP contribution in [0.4, 0.5) is 0 Å². The third kappa shape index (κ3) is 1.37. The number of hydrazine groups is 1. The Balaban J connectivity index is 2.17. The molecule has 5 heteroatoms. The van der Waals surface area contributed by atoms with Crippen molar-refractivity contribution < 1.29 is 4.79 Å². The number of aromatic nitrogens is 2. The summed E-state index contributed by atoms with van der Waals surface area (Å²) in [5, 5.41) is 8.41. The van der Waals surface area contributed by atoms with E-state index >= 15 is 0 Å². The molecule has 0 saturated heterocycles. The topological polar surface area (TPSA) is 41.4 Å². The second kappa shape index (κ2) is 3.82. The minimum Gasteiger partial charge on any atom is -0.271 e. The lowest BCUT2D eigenvalue weighted by molar-refractivity contribution is -0.132. The number of carbonyl (C=O) groups is 1. The van der Waals surface area contributed by atoms with E-state index in [0.29, 0.717) is 0 Å². The highest BCUT2D eigenvalue weighted by atomic mass is 16.2. The number of amides is 1. The van der Waals surface area contributed by atoms with Crippen molar-refractivity contribution in [2.75, 3.05) is 14.1 Å². The first-order valence-corrected chi connectivity index (χ1v) is 6.65. The molecule has 0 N–H and O–H groups in total. The van der Waals surface area contributed by atoms with Crippen molar-refractivity contribution in [1.82, 2.24) is 19.8 Å². The van der Waals surface area contributed by atoms with Crippen LogP contribution in [0.25, 0.3) is 0 Å². The van der Waals surface area contributed by atoms with E-state index in [1.165, 1.54) is 19.3 Å². The number of rotatable bonds is 0. The summed E-state index contributed by atoms with van der Waals surface area (Å²) in [6, 6.07) is 1.90. The normalized spacial score (nSPS) is 23.5. The van der Waals surface area contributed by atoms with Gasteiger partial charge < -0.3 is 0 Å². The fraction of sp³-hybridized carbons (Fsp3) is 0.692. The molecule has 0 aromatic carbocycles. The summed E-state index contributed by atoms with van der Waals surface area (Å²) in [6.07, 6.45) is 5.81. The SMILES string of the molecule is Cc1cc2n(n1)C1(CCCCC1)N(C)N(C)C2=O. The van der Waals surface area contributed by atoms with Gasteiger partial charge in [-0.1, -0.05) is 6.42 Å². The molecule has 2 aliphatic rings. The van der Waals surface area contributed by atoms with Gasteiger partial charge in [-0.2, -0.15) is 10.1 Å². The monoisotopic (exact) mass is 248 g/mol. The van der Waals surface area contributed by atoms with Crippen molar-refractivity contribution in [2.45, 2.75) is 44.7 Å². The van der Waals surface area contributed by atoms with Gasteiger partial charge in [0.1, 0.15) is 11.4 Å². The zero-order valence-corrected chi connectivity index (χ0v) is 11.3. The van der Waals surface area contributed by atoms with Crippen molar-refractivity contribution in [1.29, 1.82) is 0 Å². The van der Waals surface area contributed by atoms with Crippen LogP contribution in [0.3, 0.4) is 0 Å². The average Bonchev–Trinajstić information content (AvgIpc) is 2.78. The number of hydrogen-bond acceptors (Lipinski definition) is 3. The molecule has 0 radical (unpaired) electrons. The van der Waals surface area contributed by atoms with E-state index in [2.05, 4.69) is 10.1 Å². The number of fused-ring (bicyclic) bond motifs is 2. The Bertz CT molecular complexity index is 487. The largest absolute Gasteiger partial charge is 0.286 e. The molecule has 1 saturated carbocycles. The van der Waals surface area contributed by atoms with Gasteiger partial charge in [0.05, 0.1) is 5.69 Å². The fourth-order valence-corrected chi connectivity index (χ4v) is 3.34. The number of hydrogen-bond donors (Lipinski definition) is 0. The summed E-state index contributed by atoms with van der Waals surface area (Å²) in [6.45, 7) is 1.95. The zero-order valence-electron chi connectivity index (χ0n) is 11.3. The molecule has 3 rings (SSSR count). The van der Waals surface area contributed by atoms with E-state index in [4.69, 9.17) is 0 Å². The van der Waals surface area contributed by atoms with Gasteiger partial charge in [-0.25, -0.2) is 4.68 Å². The fourth-order valence-electron chi connectivity index (χ4n) is 3.34. The summed E-state index contributed by atoms with van der Waals surface area (Å²) >= 11 is 0. The molecule has 1 aromatic rings. The quantitative estimate of drug-likeness (QED) is 0.702. The molecule has 98 valence electrons. The molecular weight excluding hydrogens is 228 g/mol. The van der Waals surface area contributed by atoms with E-state index in [9.17, 15) is 4.79 Å². The first-order chi connectivity index (χ1) is 8.56. The van der Waals surface area contributed by atoms with Crippen LogP contribution in [-0.4, -0.2) is 39.8 Å². The maximum Gasteiger partial charge on any atom is 0.286 e. The molecule has 1 aliphatic carbocycles. The highest BCUT2D eigenvalue weighted by Gasteiger charge is 2.47. The molecule has 5 nitrogen and oxygen atoms in total. The number of aryl methyl sites for hydroxylation is 1. The summed E-state index contributed by atoms with van der Waals surface area (Å²) in [5.74, 6) is 0.0364. The van der Waals surface area contributed by atoms with E-state index < -0.39 is 0 Å². The maximum absolute atomic E-state index is 12.3. The molecule has 0 unspecified atom stereocenters. The van der Waals surface area contributed by atoms with E-state index in [1.54, 1.807) is 5.01 Å². The standard InChI is InChI=1S/C13H20N4O/c1-10-9-11-12(18)15(2)16(3)13(17(11)14-10)7-5-4-6-8-13/h9H,4-8H2,1-3H3. The van der Waals surface area contributed by atoms with Crippen molar-refractivity contribution in [3.05, 3.63) is 17.5 Å². The average molecular weight is 248 g/mol. The van der Waals surface area contributed by atoms with Crippen molar-refractivity contribution in [3.63, 3.8) is 0 Å². The molecule has 1 aromatic heterocycles. The van der Waals surface area contributed by atoms with Gasteiger partial charge in [-0.15, -0.1) is 0 Å². The van der Waals surface area contributed by atoms with Gasteiger partial charge >= 0.3 is 0 Å². The Labute approximate surface area is 107 Å². The second-order valence-electron chi connectivity index (χ2n) is 5.48. The summed E-state index contributed by atoms with van der Waals surface area (Å²) < 4.78 is 1.98. The molecule has 18 heavy (non-hydrogen) atoms. The van der Waals surface area contributed by atoms with Crippen LogP contribution in [-0.2, 0) is 5.66 Å². The van der Waals surface area contributed by atoms with Gasteiger partial charge in [0.15, 0.2) is 0 Å². The molecular formula is C13H20N4O. The van der Waals surface area contributed by atoms with Gasteiger partial charge in [0.25, 0.3) is 5.91 Å². The minimum atomic E-state index is -0.134. The Morgan fingerprint density at radius 3 is 2.56 bits per heavy atom. The third-order valence-electron chi connectivity index (χ3n) is 4.45. The molecule has 2 heterocycles. The van der Waals surface area contributed by atoms with E-state index in [-0.39, 0.29) is 11.6 Å². The molecule has 0 atom stereocenters. The highest BCUT2D eigenvalue weighted by molar-refractivity contribution is 5.93. The van der Waals surface area contributed by atoms with Crippen LogP contribution in [0.2, 0.25) is 0 Å². The van der Waals surface area contributed by atoms with Crippen LogP contribution in [0.15, 0.2) is 6.07 Å². The van der Waals surface area contributed by atoms with Gasteiger partial charge in [-0.05, 0) is 38.7 Å². The summed E-state index contributed by atoms with van der Waals surface area (Å²) in [7, 11) is 3.85. The van der Waals surface area contributed by atoms with Crippen LogP contribution in [0.5, 0.6) is 0 Å². The smallest absolute Gasteiger partial charge is 0.271 e. The van der Waals surface area contributed by atoms with Gasteiger partial charge in [-0.3, -0.25) is 9.80 Å². The molecule has 1 amide bonds. The lowest BCUT2D eigenvalue weighted by atomic mass is 9.87. The third-order valence-corrected chi connectivity index (χ3v) is 4.45. The zero-order chi connectivity index (χ0) is 12.9. The number of nitrogens with zero attached hydrogens (tertiary/aromatic N) is 4. The van der Waals surface area contributed by atoms with Crippen molar-refractivity contribution >= 4 is 5.91 Å². The number of carbonyl (C=O) groups excluding carboxylic acids is 1. The Morgan fingerprint density at radius 2 is 1.89 bits per heavy atom. The lowest BCUT2D eigenvalue weighted by Crippen LogP contribution is -2.62. The second-order valence-corrected chi connectivity index (χ2v) is 5.48. The summed E-state index contributed by atoms with van der Waals surface area (Å²) in [4.78, 5) is 12.3. The van der Waals surface area contributed by atoms with Crippen molar-refractivity contribution in [3.8, 4) is 0 Å². The van der Waals surface area contributed by atoms with Crippen LogP contribution < -0.4 is 0 Å². The minimum absolute atomic E-state index is 0.0364. The maximum atomic E-state index is 12.3. The Kier molecular flexibility index (Phi) is 2.48. The molecule has 1 fully saturated rings. The van der Waals surface area contributed by atoms with E-state index in [1.807, 2.05) is 31.8 Å². The van der Waals surface area contributed by atoms with Crippen molar-refractivity contribution in [2.24, 2.45) is 0 Å². The molecule has 1 aliphatic heterocycles. The molecule has 1 spiro atoms. The lowest BCUT2D eigenvalue weighted by Gasteiger charge is -2.51. The Morgan fingerprint density at radius 1 is 1.22 bits per heavy atom. The first-order valence-electron chi connectivity index (χ1n) is 6.65. The van der Waals surface area contributed by atoms with Gasteiger partial charge in [0.2, 0.25) is 0 Å². The first kappa shape index (κ1) is 11.7. The summed E-state index contributed by atoms with van der Waals surface area (Å²) in [5.41, 5.74) is 1.52. The van der Waals surface area contributed by atoms with E-state index in [0.717, 1.165) is 24.2 Å². The van der Waals surface area contributed by atoms with Crippen LogP contribution >= 0.6 is 0 Å².